The Labute approximate surface area is 134 Å². The van der Waals surface area contributed by atoms with Gasteiger partial charge in [0, 0.05) is 24.8 Å². The van der Waals surface area contributed by atoms with Crippen LogP contribution in [-0.2, 0) is 16.6 Å². The minimum atomic E-state index is -3.59. The van der Waals surface area contributed by atoms with E-state index in [1.165, 1.54) is 0 Å². The maximum absolute atomic E-state index is 12.2. The van der Waals surface area contributed by atoms with Gasteiger partial charge in [-0.3, -0.25) is 0 Å². The van der Waals surface area contributed by atoms with Crippen molar-refractivity contribution in [3.63, 3.8) is 0 Å². The molecule has 3 N–H and O–H groups in total. The maximum atomic E-state index is 12.2. The largest absolute Gasteiger partial charge is 0.336 e. The van der Waals surface area contributed by atoms with Crippen LogP contribution in [0.3, 0.4) is 0 Å². The minimum Gasteiger partial charge on any atom is -0.336 e. The Morgan fingerprint density at radius 2 is 1.95 bits per heavy atom. The van der Waals surface area contributed by atoms with E-state index in [1.807, 2.05) is 13.8 Å². The van der Waals surface area contributed by atoms with Gasteiger partial charge in [0.05, 0.1) is 6.33 Å². The lowest BCUT2D eigenvalue weighted by Crippen LogP contribution is -2.49. The number of hydrogen-bond donors (Lipinski definition) is 2. The molecule has 1 aromatic rings. The van der Waals surface area contributed by atoms with E-state index < -0.39 is 15.6 Å². The zero-order valence-corrected chi connectivity index (χ0v) is 14.8. The lowest BCUT2D eigenvalue weighted by molar-refractivity contribution is 0.391. The van der Waals surface area contributed by atoms with Crippen LogP contribution >= 0.6 is 12.4 Å². The van der Waals surface area contributed by atoms with Gasteiger partial charge >= 0.3 is 0 Å². The van der Waals surface area contributed by atoms with Crippen LogP contribution in [0.25, 0.3) is 0 Å². The molecule has 0 aliphatic carbocycles. The second-order valence-corrected chi connectivity index (χ2v) is 7.41. The van der Waals surface area contributed by atoms with Crippen LogP contribution in [-0.4, -0.2) is 30.1 Å². The third-order valence-corrected chi connectivity index (χ3v) is 4.77. The van der Waals surface area contributed by atoms with Crippen LogP contribution in [0.5, 0.6) is 0 Å². The molecule has 0 bridgehead atoms. The first-order valence-electron chi connectivity index (χ1n) is 7.02. The van der Waals surface area contributed by atoms with E-state index in [0.717, 1.165) is 6.54 Å². The highest BCUT2D eigenvalue weighted by Crippen LogP contribution is 2.12. The molecule has 1 rings (SSSR count). The number of imidazole rings is 1. The van der Waals surface area contributed by atoms with Crippen LogP contribution in [0.2, 0.25) is 0 Å². The van der Waals surface area contributed by atoms with Crippen molar-refractivity contribution < 1.29 is 8.42 Å². The van der Waals surface area contributed by atoms with E-state index in [-0.39, 0.29) is 24.0 Å². The Morgan fingerprint density at radius 3 is 2.43 bits per heavy atom. The fraction of sp³-hybridized carbons (Fsp3) is 0.769. The van der Waals surface area contributed by atoms with E-state index in [1.54, 1.807) is 17.1 Å². The van der Waals surface area contributed by atoms with Crippen molar-refractivity contribution in [2.24, 2.45) is 11.7 Å². The molecule has 0 atom stereocenters. The minimum absolute atomic E-state index is 0. The van der Waals surface area contributed by atoms with Gasteiger partial charge in [0.2, 0.25) is 0 Å². The van der Waals surface area contributed by atoms with Gasteiger partial charge in [0.1, 0.15) is 0 Å². The molecule has 21 heavy (non-hydrogen) atoms. The number of aromatic nitrogens is 2. The zero-order chi connectivity index (χ0) is 15.4. The summed E-state index contributed by atoms with van der Waals surface area (Å²) in [5.74, 6) is 0.435. The normalized spacial score (nSPS) is 12.5. The number of halogens is 1. The summed E-state index contributed by atoms with van der Waals surface area (Å²) in [5, 5.41) is 0.0488. The summed E-state index contributed by atoms with van der Waals surface area (Å²) in [6.45, 7) is 9.01. The topological polar surface area (TPSA) is 90.0 Å². The highest BCUT2D eigenvalue weighted by Gasteiger charge is 2.25. The highest BCUT2D eigenvalue weighted by atomic mass is 35.5. The molecule has 0 radical (unpaired) electrons. The fourth-order valence-electron chi connectivity index (χ4n) is 1.81. The van der Waals surface area contributed by atoms with Crippen molar-refractivity contribution in [3.05, 3.63) is 12.5 Å². The van der Waals surface area contributed by atoms with Gasteiger partial charge in [-0.15, -0.1) is 12.4 Å². The van der Waals surface area contributed by atoms with Crippen LogP contribution in [0.15, 0.2) is 17.6 Å². The van der Waals surface area contributed by atoms with Crippen molar-refractivity contribution in [3.8, 4) is 0 Å². The summed E-state index contributed by atoms with van der Waals surface area (Å²) < 4.78 is 28.7. The van der Waals surface area contributed by atoms with Gasteiger partial charge in [0.15, 0.2) is 5.03 Å². The molecule has 0 unspecified atom stereocenters. The van der Waals surface area contributed by atoms with Crippen LogP contribution < -0.4 is 10.5 Å². The summed E-state index contributed by atoms with van der Waals surface area (Å²) >= 11 is 0. The third kappa shape index (κ3) is 5.94. The number of sulfonamides is 1. The third-order valence-electron chi connectivity index (χ3n) is 3.48. The van der Waals surface area contributed by atoms with Gasteiger partial charge in [-0.2, -0.15) is 0 Å². The summed E-state index contributed by atoms with van der Waals surface area (Å²) in [6, 6.07) is 0. The molecular weight excluding hydrogens is 312 g/mol. The molecule has 0 aliphatic heterocycles. The average molecular weight is 339 g/mol. The number of nitrogens with one attached hydrogen (secondary N) is 1. The number of nitrogens with two attached hydrogens (primary N) is 1. The molecular formula is C13H27ClN4O2S. The summed E-state index contributed by atoms with van der Waals surface area (Å²) in [4.78, 5) is 3.96. The van der Waals surface area contributed by atoms with Crippen molar-refractivity contribution >= 4 is 22.4 Å². The molecule has 8 heteroatoms. The van der Waals surface area contributed by atoms with E-state index >= 15 is 0 Å². The molecule has 1 heterocycles. The Balaban J connectivity index is 0.00000400. The summed E-state index contributed by atoms with van der Waals surface area (Å²) in [7, 11) is -3.59. The Kier molecular flexibility index (Phi) is 7.88. The number of rotatable bonds is 8. The molecule has 0 amide bonds. The van der Waals surface area contributed by atoms with E-state index in [9.17, 15) is 8.42 Å². The van der Waals surface area contributed by atoms with E-state index in [2.05, 4.69) is 23.6 Å². The van der Waals surface area contributed by atoms with E-state index in [4.69, 9.17) is 5.73 Å². The smallest absolute Gasteiger partial charge is 0.259 e. The lowest BCUT2D eigenvalue weighted by Gasteiger charge is -2.26. The number of nitrogens with zero attached hydrogens (tertiary/aromatic N) is 2. The van der Waals surface area contributed by atoms with Gasteiger partial charge in [-0.1, -0.05) is 27.7 Å². The molecule has 0 fully saturated rings. The monoisotopic (exact) mass is 338 g/mol. The van der Waals surface area contributed by atoms with Gasteiger partial charge < -0.3 is 10.3 Å². The first-order chi connectivity index (χ1) is 9.22. The van der Waals surface area contributed by atoms with Gasteiger partial charge in [-0.05, 0) is 18.8 Å². The standard InChI is InChI=1S/C13H26N4O2S.ClH/c1-5-13(14,6-2)9-16-20(18,19)12-8-17(10-15-12)7-11(3)4;/h8,10-11,16H,5-7,9,14H2,1-4H3;1H. The summed E-state index contributed by atoms with van der Waals surface area (Å²) in [6.07, 6.45) is 4.53. The second-order valence-electron chi connectivity index (χ2n) is 5.70. The first kappa shape index (κ1) is 20.4. The Morgan fingerprint density at radius 1 is 1.38 bits per heavy atom. The quantitative estimate of drug-likeness (QED) is 0.755. The average Bonchev–Trinajstić information content (AvgIpc) is 2.84. The summed E-state index contributed by atoms with van der Waals surface area (Å²) in [5.41, 5.74) is 5.59. The second kappa shape index (κ2) is 8.12. The molecule has 0 aliphatic rings. The van der Waals surface area contributed by atoms with Crippen molar-refractivity contribution in [2.45, 2.75) is 57.6 Å². The van der Waals surface area contributed by atoms with Gasteiger partial charge in [-0.25, -0.2) is 18.1 Å². The molecule has 124 valence electrons. The van der Waals surface area contributed by atoms with Gasteiger partial charge in [0.25, 0.3) is 10.0 Å². The number of hydrogen-bond acceptors (Lipinski definition) is 4. The van der Waals surface area contributed by atoms with Crippen molar-refractivity contribution in [2.75, 3.05) is 6.54 Å². The molecule has 0 saturated carbocycles. The van der Waals surface area contributed by atoms with E-state index in [0.29, 0.717) is 18.8 Å². The molecule has 0 aromatic carbocycles. The fourth-order valence-corrected chi connectivity index (χ4v) is 2.90. The molecule has 6 nitrogen and oxygen atoms in total. The Bertz CT molecular complexity index is 524. The predicted molar refractivity (Wildman–Crippen MR) is 87.0 cm³/mol. The first-order valence-corrected chi connectivity index (χ1v) is 8.51. The van der Waals surface area contributed by atoms with Crippen molar-refractivity contribution in [1.29, 1.82) is 0 Å². The van der Waals surface area contributed by atoms with Crippen LogP contribution in [0.4, 0.5) is 0 Å². The van der Waals surface area contributed by atoms with Crippen LogP contribution in [0.1, 0.15) is 40.5 Å². The van der Waals surface area contributed by atoms with Crippen LogP contribution in [0, 0.1) is 5.92 Å². The maximum Gasteiger partial charge on any atom is 0.259 e. The predicted octanol–water partition coefficient (Wildman–Crippen LogP) is 1.76. The SMILES string of the molecule is CCC(N)(CC)CNS(=O)(=O)c1cn(CC(C)C)cn1.Cl. The molecule has 1 aromatic heterocycles. The molecule has 0 saturated heterocycles. The Hall–Kier alpha value is -0.630. The zero-order valence-electron chi connectivity index (χ0n) is 13.2. The van der Waals surface area contributed by atoms with Crippen molar-refractivity contribution in [1.82, 2.24) is 14.3 Å². The lowest BCUT2D eigenvalue weighted by atomic mass is 9.95. The highest BCUT2D eigenvalue weighted by molar-refractivity contribution is 7.89. The molecule has 0 spiro atoms.